The molecule has 0 fully saturated rings. The Morgan fingerprint density at radius 3 is 1.93 bits per heavy atom. The lowest BCUT2D eigenvalue weighted by Gasteiger charge is -2.11. The van der Waals surface area contributed by atoms with Crippen LogP contribution in [-0.4, -0.2) is 8.75 Å². The zero-order valence-corrected chi connectivity index (χ0v) is 16.2. The van der Waals surface area contributed by atoms with E-state index in [4.69, 9.17) is 0 Å². The fourth-order valence-electron chi connectivity index (χ4n) is 4.72. The zero-order chi connectivity index (χ0) is 18.9. The largest absolute Gasteiger partial charge is 0.173 e. The zero-order valence-electron chi connectivity index (χ0n) is 15.4. The van der Waals surface area contributed by atoms with Crippen molar-refractivity contribution in [3.05, 3.63) is 84.9 Å². The second-order valence-electron chi connectivity index (χ2n) is 7.61. The molecule has 0 aliphatic rings. The van der Waals surface area contributed by atoms with Gasteiger partial charge < -0.3 is 0 Å². The molecule has 134 valence electrons. The minimum atomic E-state index is 0.972. The highest BCUT2D eigenvalue weighted by molar-refractivity contribution is 7.00. The van der Waals surface area contributed by atoms with Gasteiger partial charge in [0, 0.05) is 5.39 Å². The van der Waals surface area contributed by atoms with Crippen molar-refractivity contribution in [2.75, 3.05) is 0 Å². The Morgan fingerprint density at radius 1 is 0.483 bits per heavy atom. The third kappa shape index (κ3) is 2.05. The molecule has 0 unspecified atom stereocenters. The second-order valence-corrected chi connectivity index (χ2v) is 8.13. The monoisotopic (exact) mass is 386 g/mol. The van der Waals surface area contributed by atoms with Crippen molar-refractivity contribution in [2.45, 2.75) is 0 Å². The van der Waals surface area contributed by atoms with E-state index < -0.39 is 0 Å². The van der Waals surface area contributed by atoms with Crippen LogP contribution in [0.25, 0.3) is 64.9 Å². The van der Waals surface area contributed by atoms with Crippen LogP contribution in [-0.2, 0) is 0 Å². The van der Waals surface area contributed by atoms with Gasteiger partial charge in [0.25, 0.3) is 0 Å². The fourth-order valence-corrected chi connectivity index (χ4v) is 5.26. The van der Waals surface area contributed by atoms with Crippen molar-refractivity contribution >= 4 is 76.6 Å². The SMILES string of the molecule is c1ccc2c(c1)ccc1ccc3cc4c(ccc5ccc6nsnc6c54)cc3c12. The van der Waals surface area contributed by atoms with Crippen molar-refractivity contribution in [1.82, 2.24) is 8.75 Å². The van der Waals surface area contributed by atoms with Gasteiger partial charge in [0.05, 0.1) is 11.7 Å². The Kier molecular flexibility index (Phi) is 2.91. The summed E-state index contributed by atoms with van der Waals surface area (Å²) < 4.78 is 9.04. The number of nitrogens with zero attached hydrogens (tertiary/aromatic N) is 2. The molecular formula is C26H14N2S. The van der Waals surface area contributed by atoms with E-state index in [1.54, 1.807) is 0 Å². The maximum Gasteiger partial charge on any atom is 0.113 e. The van der Waals surface area contributed by atoms with Crippen LogP contribution in [0, 0.1) is 0 Å². The molecular weight excluding hydrogens is 372 g/mol. The van der Waals surface area contributed by atoms with E-state index in [0.29, 0.717) is 0 Å². The summed E-state index contributed by atoms with van der Waals surface area (Å²) in [5.74, 6) is 0. The summed E-state index contributed by atoms with van der Waals surface area (Å²) in [6, 6.07) is 30.9. The first-order chi connectivity index (χ1) is 14.4. The van der Waals surface area contributed by atoms with Crippen LogP contribution in [0.5, 0.6) is 0 Å². The van der Waals surface area contributed by atoms with Gasteiger partial charge in [-0.05, 0) is 66.7 Å². The summed E-state index contributed by atoms with van der Waals surface area (Å²) in [5, 5.41) is 12.7. The van der Waals surface area contributed by atoms with Crippen LogP contribution in [0.2, 0.25) is 0 Å². The number of hydrogen-bond donors (Lipinski definition) is 0. The lowest BCUT2D eigenvalue weighted by molar-refractivity contribution is 1.68. The molecule has 0 bridgehead atoms. The Labute approximate surface area is 170 Å². The van der Waals surface area contributed by atoms with Crippen molar-refractivity contribution < 1.29 is 0 Å². The number of hydrogen-bond acceptors (Lipinski definition) is 3. The fraction of sp³-hybridized carbons (Fsp3) is 0. The Hall–Kier alpha value is -3.56. The molecule has 2 nitrogen and oxygen atoms in total. The van der Waals surface area contributed by atoms with Crippen LogP contribution >= 0.6 is 11.7 Å². The van der Waals surface area contributed by atoms with Gasteiger partial charge in [0.15, 0.2) is 0 Å². The van der Waals surface area contributed by atoms with E-state index in [0.717, 1.165) is 11.0 Å². The highest BCUT2D eigenvalue weighted by Crippen LogP contribution is 2.37. The second kappa shape index (κ2) is 5.49. The van der Waals surface area contributed by atoms with Crippen molar-refractivity contribution in [2.24, 2.45) is 0 Å². The molecule has 7 rings (SSSR count). The van der Waals surface area contributed by atoms with Gasteiger partial charge in [0.2, 0.25) is 0 Å². The normalized spacial score (nSPS) is 12.1. The molecule has 7 aromatic rings. The third-order valence-electron chi connectivity index (χ3n) is 6.07. The molecule has 0 atom stereocenters. The standard InChI is InChI=1S/C26H14N2S/c1-2-4-20-15(3-1)5-6-16-7-9-18-14-22-19(13-21(18)24(16)20)10-8-17-11-12-23-26(25(17)22)28-29-27-23/h1-14H. The first-order valence-electron chi connectivity index (χ1n) is 9.69. The molecule has 0 aliphatic heterocycles. The Morgan fingerprint density at radius 2 is 1.10 bits per heavy atom. The van der Waals surface area contributed by atoms with Gasteiger partial charge in [-0.15, -0.1) is 0 Å². The molecule has 29 heavy (non-hydrogen) atoms. The van der Waals surface area contributed by atoms with Crippen LogP contribution in [0.3, 0.4) is 0 Å². The Balaban J connectivity index is 1.73. The van der Waals surface area contributed by atoms with Gasteiger partial charge in [0.1, 0.15) is 11.0 Å². The van der Waals surface area contributed by atoms with Gasteiger partial charge in [-0.1, -0.05) is 66.7 Å². The quantitative estimate of drug-likeness (QED) is 0.200. The molecule has 1 heterocycles. The maximum atomic E-state index is 4.60. The molecule has 0 saturated heterocycles. The van der Waals surface area contributed by atoms with Gasteiger partial charge in [-0.2, -0.15) is 8.75 Å². The van der Waals surface area contributed by atoms with Crippen molar-refractivity contribution in [1.29, 1.82) is 0 Å². The number of fused-ring (bicyclic) bond motifs is 10. The Bertz CT molecular complexity index is 1760. The lowest BCUT2D eigenvalue weighted by atomic mass is 9.93. The molecule has 0 spiro atoms. The first-order valence-corrected chi connectivity index (χ1v) is 10.4. The molecule has 0 amide bonds. The van der Waals surface area contributed by atoms with Gasteiger partial charge in [-0.3, -0.25) is 0 Å². The molecule has 0 aliphatic carbocycles. The van der Waals surface area contributed by atoms with Crippen LogP contribution in [0.15, 0.2) is 84.9 Å². The van der Waals surface area contributed by atoms with E-state index in [9.17, 15) is 0 Å². The lowest BCUT2D eigenvalue weighted by Crippen LogP contribution is -1.84. The summed E-state index contributed by atoms with van der Waals surface area (Å²) in [4.78, 5) is 0. The first kappa shape index (κ1) is 15.4. The predicted octanol–water partition coefficient (Wildman–Crippen LogP) is 7.46. The van der Waals surface area contributed by atoms with E-state index in [-0.39, 0.29) is 0 Å². The summed E-state index contributed by atoms with van der Waals surface area (Å²) in [6.45, 7) is 0. The van der Waals surface area contributed by atoms with Crippen molar-refractivity contribution in [3.63, 3.8) is 0 Å². The van der Waals surface area contributed by atoms with Crippen molar-refractivity contribution in [3.8, 4) is 0 Å². The van der Waals surface area contributed by atoms with Gasteiger partial charge >= 0.3 is 0 Å². The molecule has 6 aromatic carbocycles. The third-order valence-corrected chi connectivity index (χ3v) is 6.61. The number of rotatable bonds is 0. The number of aromatic nitrogens is 2. The van der Waals surface area contributed by atoms with Crippen LogP contribution in [0.4, 0.5) is 0 Å². The smallest absolute Gasteiger partial charge is 0.113 e. The van der Waals surface area contributed by atoms with E-state index in [1.165, 1.54) is 65.6 Å². The highest BCUT2D eigenvalue weighted by atomic mass is 32.1. The summed E-state index contributed by atoms with van der Waals surface area (Å²) in [6.07, 6.45) is 0. The average molecular weight is 386 g/mol. The maximum absolute atomic E-state index is 4.60. The molecule has 0 radical (unpaired) electrons. The minimum Gasteiger partial charge on any atom is -0.173 e. The average Bonchev–Trinajstić information content (AvgIpc) is 3.26. The van der Waals surface area contributed by atoms with E-state index >= 15 is 0 Å². The summed E-state index contributed by atoms with van der Waals surface area (Å²) >= 11 is 1.28. The highest BCUT2D eigenvalue weighted by Gasteiger charge is 2.11. The predicted molar refractivity (Wildman–Crippen MR) is 125 cm³/mol. The van der Waals surface area contributed by atoms with E-state index in [2.05, 4.69) is 93.7 Å². The minimum absolute atomic E-state index is 0.972. The summed E-state index contributed by atoms with van der Waals surface area (Å²) in [5.41, 5.74) is 1.98. The molecule has 3 heteroatoms. The number of benzene rings is 6. The van der Waals surface area contributed by atoms with Crippen LogP contribution in [0.1, 0.15) is 0 Å². The van der Waals surface area contributed by atoms with E-state index in [1.807, 2.05) is 0 Å². The summed E-state index contributed by atoms with van der Waals surface area (Å²) in [7, 11) is 0. The van der Waals surface area contributed by atoms with Gasteiger partial charge in [-0.25, -0.2) is 0 Å². The molecule has 0 saturated carbocycles. The molecule has 1 aromatic heterocycles. The molecule has 0 N–H and O–H groups in total. The van der Waals surface area contributed by atoms with Crippen LogP contribution < -0.4 is 0 Å². The topological polar surface area (TPSA) is 25.8 Å².